The van der Waals surface area contributed by atoms with Crippen LogP contribution in [0, 0.1) is 5.41 Å². The van der Waals surface area contributed by atoms with Crippen molar-refractivity contribution in [3.63, 3.8) is 0 Å². The van der Waals surface area contributed by atoms with E-state index in [0.29, 0.717) is 11.3 Å². The normalized spacial score (nSPS) is 13.9. The summed E-state index contributed by atoms with van der Waals surface area (Å²) in [6.45, 7) is 0. The van der Waals surface area contributed by atoms with Gasteiger partial charge in [-0.15, -0.1) is 5.11 Å². The SMILES string of the molecule is N=C(N=NN)c1cc(NC2=C(O)C(O)=C2O)nc(-c2ccccc2)c1. The van der Waals surface area contributed by atoms with Crippen molar-refractivity contribution in [1.29, 1.82) is 5.41 Å². The number of aliphatic hydroxyl groups excluding tert-OH is 3. The molecule has 0 amide bonds. The molecule has 0 aliphatic heterocycles. The first kappa shape index (κ1) is 16.0. The fraction of sp³-hybridized carbons (Fsp3) is 0. The number of aliphatic hydroxyl groups is 3. The molecule has 1 aromatic carbocycles. The largest absolute Gasteiger partial charge is 0.503 e. The Hall–Kier alpha value is -3.88. The van der Waals surface area contributed by atoms with Gasteiger partial charge in [0.1, 0.15) is 11.5 Å². The second kappa shape index (κ2) is 6.32. The van der Waals surface area contributed by atoms with Crippen LogP contribution in [0.25, 0.3) is 11.3 Å². The zero-order chi connectivity index (χ0) is 18.0. The number of amidine groups is 1. The Balaban J connectivity index is 2.03. The zero-order valence-electron chi connectivity index (χ0n) is 12.8. The molecule has 0 saturated carbocycles. The van der Waals surface area contributed by atoms with Gasteiger partial charge < -0.3 is 26.5 Å². The lowest BCUT2D eigenvalue weighted by Gasteiger charge is -2.20. The van der Waals surface area contributed by atoms with Gasteiger partial charge in [-0.1, -0.05) is 35.6 Å². The van der Waals surface area contributed by atoms with Crippen molar-refractivity contribution in [2.75, 3.05) is 5.32 Å². The highest BCUT2D eigenvalue weighted by Gasteiger charge is 2.29. The minimum Gasteiger partial charge on any atom is -0.503 e. The second-order valence-corrected chi connectivity index (χ2v) is 5.10. The Bertz CT molecular complexity index is 934. The maximum Gasteiger partial charge on any atom is 0.205 e. The van der Waals surface area contributed by atoms with Gasteiger partial charge >= 0.3 is 0 Å². The quantitative estimate of drug-likeness (QED) is 0.165. The van der Waals surface area contributed by atoms with Crippen molar-refractivity contribution in [3.8, 4) is 11.3 Å². The van der Waals surface area contributed by atoms with Crippen LogP contribution < -0.4 is 11.2 Å². The first-order valence-corrected chi connectivity index (χ1v) is 7.12. The molecule has 1 aliphatic carbocycles. The predicted octanol–water partition coefficient (Wildman–Crippen LogP) is 2.92. The maximum absolute atomic E-state index is 9.59. The summed E-state index contributed by atoms with van der Waals surface area (Å²) >= 11 is 0. The second-order valence-electron chi connectivity index (χ2n) is 5.10. The number of benzene rings is 1. The molecular formula is C16H14N6O3. The van der Waals surface area contributed by atoms with E-state index in [4.69, 9.17) is 11.3 Å². The Labute approximate surface area is 142 Å². The van der Waals surface area contributed by atoms with Gasteiger partial charge in [-0.2, -0.15) is 0 Å². The molecule has 9 nitrogen and oxygen atoms in total. The number of rotatable bonds is 4. The summed E-state index contributed by atoms with van der Waals surface area (Å²) in [7, 11) is 0. The fourth-order valence-corrected chi connectivity index (χ4v) is 2.25. The molecule has 126 valence electrons. The van der Waals surface area contributed by atoms with Crippen LogP contribution in [0.5, 0.6) is 0 Å². The number of nitrogens with two attached hydrogens (primary N) is 1. The number of nitrogens with zero attached hydrogens (tertiary/aromatic N) is 3. The zero-order valence-corrected chi connectivity index (χ0v) is 12.8. The Kier molecular flexibility index (Phi) is 4.04. The summed E-state index contributed by atoms with van der Waals surface area (Å²) in [5.41, 5.74) is 1.63. The first-order chi connectivity index (χ1) is 12.0. The molecule has 0 atom stereocenters. The van der Waals surface area contributed by atoms with E-state index in [1.807, 2.05) is 30.3 Å². The van der Waals surface area contributed by atoms with Crippen molar-refractivity contribution >= 4 is 11.7 Å². The van der Waals surface area contributed by atoms with E-state index >= 15 is 0 Å². The molecule has 0 unspecified atom stereocenters. The van der Waals surface area contributed by atoms with Crippen LogP contribution in [0.15, 0.2) is 75.8 Å². The molecule has 3 rings (SSSR count). The van der Waals surface area contributed by atoms with E-state index in [0.717, 1.165) is 5.56 Å². The van der Waals surface area contributed by atoms with Crippen molar-refractivity contribution < 1.29 is 15.3 Å². The van der Waals surface area contributed by atoms with Crippen molar-refractivity contribution in [2.45, 2.75) is 0 Å². The molecule has 25 heavy (non-hydrogen) atoms. The Morgan fingerprint density at radius 1 is 1.04 bits per heavy atom. The Morgan fingerprint density at radius 2 is 1.76 bits per heavy atom. The lowest BCUT2D eigenvalue weighted by Crippen LogP contribution is -2.19. The average molecular weight is 338 g/mol. The summed E-state index contributed by atoms with van der Waals surface area (Å²) in [6.07, 6.45) is 0. The Morgan fingerprint density at radius 3 is 2.40 bits per heavy atom. The van der Waals surface area contributed by atoms with Crippen molar-refractivity contribution in [3.05, 3.63) is 71.0 Å². The summed E-state index contributed by atoms with van der Waals surface area (Å²) in [5.74, 6) is 3.51. The van der Waals surface area contributed by atoms with Gasteiger partial charge in [0.15, 0.2) is 17.4 Å². The standard InChI is InChI=1S/C16H14N6O3/c17-16(21-22-18)9-6-10(8-4-2-1-3-5-8)19-11(7-9)20-12-13(23)15(25)14(12)24/h1-7,23-25H,(H,19,20)(H3,17,18,21). The molecule has 1 heterocycles. The van der Waals surface area contributed by atoms with E-state index in [1.54, 1.807) is 6.07 Å². The molecule has 0 spiro atoms. The van der Waals surface area contributed by atoms with Crippen LogP contribution in [0.4, 0.5) is 5.82 Å². The highest BCUT2D eigenvalue weighted by atomic mass is 16.3. The molecule has 0 radical (unpaired) electrons. The topological polar surface area (TPSA) is 160 Å². The molecule has 0 saturated heterocycles. The lowest BCUT2D eigenvalue weighted by atomic mass is 10.1. The third kappa shape index (κ3) is 2.98. The summed E-state index contributed by atoms with van der Waals surface area (Å²) in [5, 5.41) is 45.6. The van der Waals surface area contributed by atoms with E-state index < -0.39 is 17.3 Å². The van der Waals surface area contributed by atoms with Gasteiger partial charge in [0.25, 0.3) is 0 Å². The van der Waals surface area contributed by atoms with Crippen LogP contribution in [-0.4, -0.2) is 26.1 Å². The van der Waals surface area contributed by atoms with Crippen molar-refractivity contribution in [2.24, 2.45) is 16.2 Å². The molecule has 0 fully saturated rings. The number of pyridine rings is 1. The molecule has 1 aliphatic rings. The highest BCUT2D eigenvalue weighted by molar-refractivity contribution is 5.98. The van der Waals surface area contributed by atoms with E-state index in [-0.39, 0.29) is 17.4 Å². The minimum absolute atomic E-state index is 0.0619. The van der Waals surface area contributed by atoms with Gasteiger partial charge in [-0.3, -0.25) is 5.41 Å². The van der Waals surface area contributed by atoms with Gasteiger partial charge in [0.05, 0.1) is 5.69 Å². The summed E-state index contributed by atoms with van der Waals surface area (Å²) in [6, 6.07) is 12.3. The van der Waals surface area contributed by atoms with E-state index in [9.17, 15) is 15.3 Å². The third-order valence-electron chi connectivity index (χ3n) is 3.50. The number of aromatic nitrogens is 1. The van der Waals surface area contributed by atoms with Gasteiger partial charge in [-0.05, 0) is 12.1 Å². The van der Waals surface area contributed by atoms with E-state index in [2.05, 4.69) is 20.6 Å². The average Bonchev–Trinajstić information content (AvgIpc) is 2.66. The first-order valence-electron chi connectivity index (χ1n) is 7.12. The molecule has 2 aromatic rings. The predicted molar refractivity (Wildman–Crippen MR) is 91.1 cm³/mol. The summed E-state index contributed by atoms with van der Waals surface area (Å²) in [4.78, 5) is 4.39. The molecule has 7 N–H and O–H groups in total. The monoisotopic (exact) mass is 338 g/mol. The molecular weight excluding hydrogens is 324 g/mol. The van der Waals surface area contributed by atoms with E-state index in [1.165, 1.54) is 6.07 Å². The fourth-order valence-electron chi connectivity index (χ4n) is 2.25. The number of nitrogens with one attached hydrogen (secondary N) is 2. The third-order valence-corrected chi connectivity index (χ3v) is 3.50. The van der Waals surface area contributed by atoms with Crippen LogP contribution in [0.1, 0.15) is 5.56 Å². The smallest absolute Gasteiger partial charge is 0.205 e. The minimum atomic E-state index is -0.591. The van der Waals surface area contributed by atoms with Crippen molar-refractivity contribution in [1.82, 2.24) is 4.98 Å². The maximum atomic E-state index is 9.59. The molecule has 0 bridgehead atoms. The lowest BCUT2D eigenvalue weighted by molar-refractivity contribution is 0.257. The van der Waals surface area contributed by atoms with Crippen LogP contribution in [0.3, 0.4) is 0 Å². The number of anilines is 1. The number of hydrogen-bond donors (Lipinski definition) is 6. The van der Waals surface area contributed by atoms with Gasteiger partial charge in [-0.25, -0.2) is 4.98 Å². The highest BCUT2D eigenvalue weighted by Crippen LogP contribution is 2.31. The molecule has 9 heteroatoms. The van der Waals surface area contributed by atoms with Crippen LogP contribution in [-0.2, 0) is 0 Å². The van der Waals surface area contributed by atoms with Crippen LogP contribution in [0.2, 0.25) is 0 Å². The summed E-state index contributed by atoms with van der Waals surface area (Å²) < 4.78 is 0. The number of hydrogen-bond acceptors (Lipinski definition) is 7. The molecule has 1 aromatic heterocycles. The van der Waals surface area contributed by atoms with Crippen LogP contribution >= 0.6 is 0 Å². The van der Waals surface area contributed by atoms with Gasteiger partial charge in [0.2, 0.25) is 5.76 Å². The van der Waals surface area contributed by atoms with Gasteiger partial charge in [0, 0.05) is 11.1 Å².